The highest BCUT2D eigenvalue weighted by molar-refractivity contribution is 5.96. The monoisotopic (exact) mass is 236 g/mol. The first-order chi connectivity index (χ1) is 8.13. The normalized spacial score (nSPS) is 17.0. The van der Waals surface area contributed by atoms with E-state index in [4.69, 9.17) is 11.0 Å². The number of rotatable bonds is 3. The topological polar surface area (TPSA) is 108 Å². The predicted octanol–water partition coefficient (Wildman–Crippen LogP) is 0.511. The summed E-state index contributed by atoms with van der Waals surface area (Å²) >= 11 is 0. The molecule has 0 radical (unpaired) electrons. The van der Waals surface area contributed by atoms with Crippen molar-refractivity contribution in [2.75, 3.05) is 0 Å². The van der Waals surface area contributed by atoms with Crippen LogP contribution in [0.2, 0.25) is 0 Å². The average molecular weight is 236 g/mol. The van der Waals surface area contributed by atoms with Gasteiger partial charge in [-0.25, -0.2) is 4.79 Å². The second kappa shape index (κ2) is 6.53. The maximum Gasteiger partial charge on any atom is 0.319 e. The van der Waals surface area contributed by atoms with Crippen molar-refractivity contribution < 1.29 is 9.59 Å². The van der Waals surface area contributed by atoms with Gasteiger partial charge in [-0.3, -0.25) is 4.79 Å². The first-order valence-electron chi connectivity index (χ1n) is 5.60. The van der Waals surface area contributed by atoms with E-state index in [1.54, 1.807) is 6.07 Å². The number of urea groups is 1. The van der Waals surface area contributed by atoms with Crippen molar-refractivity contribution in [3.05, 3.63) is 11.8 Å². The van der Waals surface area contributed by atoms with E-state index in [0.717, 1.165) is 31.9 Å². The molecule has 0 aliphatic heterocycles. The highest BCUT2D eigenvalue weighted by Crippen LogP contribution is 2.17. The van der Waals surface area contributed by atoms with Crippen molar-refractivity contribution in [3.8, 4) is 6.07 Å². The van der Waals surface area contributed by atoms with Crippen molar-refractivity contribution in [1.82, 2.24) is 10.6 Å². The summed E-state index contributed by atoms with van der Waals surface area (Å²) in [6.45, 7) is 0. The molecule has 0 bridgehead atoms. The Bertz CT molecular complexity index is 364. The van der Waals surface area contributed by atoms with Crippen LogP contribution in [0.15, 0.2) is 11.8 Å². The molecular weight excluding hydrogens is 220 g/mol. The molecule has 0 aromatic heterocycles. The van der Waals surface area contributed by atoms with Gasteiger partial charge in [-0.05, 0) is 12.8 Å². The summed E-state index contributed by atoms with van der Waals surface area (Å²) < 4.78 is 0. The number of carbonyl (C=O) groups is 2. The summed E-state index contributed by atoms with van der Waals surface area (Å²) in [6.07, 6.45) is 6.41. The van der Waals surface area contributed by atoms with Gasteiger partial charge < -0.3 is 16.4 Å². The highest BCUT2D eigenvalue weighted by atomic mass is 16.2. The van der Waals surface area contributed by atoms with Crippen molar-refractivity contribution >= 4 is 11.9 Å². The minimum atomic E-state index is -0.856. The first kappa shape index (κ1) is 13.0. The minimum absolute atomic E-state index is 0.177. The van der Waals surface area contributed by atoms with E-state index < -0.39 is 11.9 Å². The number of primary amides is 1. The first-order valence-corrected chi connectivity index (χ1v) is 5.60. The van der Waals surface area contributed by atoms with E-state index in [1.165, 1.54) is 6.42 Å². The smallest absolute Gasteiger partial charge is 0.319 e. The quantitative estimate of drug-likeness (QED) is 0.490. The van der Waals surface area contributed by atoms with Gasteiger partial charge in [-0.2, -0.15) is 5.26 Å². The number of nitrogens with two attached hydrogens (primary N) is 1. The van der Waals surface area contributed by atoms with Gasteiger partial charge in [0.2, 0.25) is 0 Å². The number of amides is 3. The molecule has 0 saturated heterocycles. The number of carbonyl (C=O) groups excluding carboxylic acids is 2. The van der Waals surface area contributed by atoms with Gasteiger partial charge in [0, 0.05) is 12.2 Å². The standard InChI is InChI=1S/C11H16N4O2/c12-6-8(10(13)16)7-14-11(17)15-9-4-2-1-3-5-9/h7,9H,1-5H2,(H2,13,16)(H2,14,15,17)/b8-7+. The molecular formula is C11H16N4O2. The van der Waals surface area contributed by atoms with Crippen molar-refractivity contribution in [2.45, 2.75) is 38.1 Å². The zero-order valence-electron chi connectivity index (χ0n) is 9.53. The fourth-order valence-electron chi connectivity index (χ4n) is 1.77. The Kier molecular flexibility index (Phi) is 5.01. The molecule has 6 nitrogen and oxygen atoms in total. The van der Waals surface area contributed by atoms with Crippen LogP contribution in [0.3, 0.4) is 0 Å². The van der Waals surface area contributed by atoms with Gasteiger partial charge in [-0.1, -0.05) is 19.3 Å². The van der Waals surface area contributed by atoms with Gasteiger partial charge in [0.1, 0.15) is 11.6 Å². The number of nitriles is 1. The summed E-state index contributed by atoms with van der Waals surface area (Å²) in [6, 6.07) is 1.37. The van der Waals surface area contributed by atoms with Crippen LogP contribution in [-0.2, 0) is 4.79 Å². The SMILES string of the molecule is N#C/C(=C\NC(=O)NC1CCCCC1)C(N)=O. The molecule has 3 amide bonds. The van der Waals surface area contributed by atoms with Gasteiger partial charge in [-0.15, -0.1) is 0 Å². The molecule has 92 valence electrons. The van der Waals surface area contributed by atoms with Crippen LogP contribution in [0.4, 0.5) is 4.79 Å². The van der Waals surface area contributed by atoms with E-state index in [1.807, 2.05) is 0 Å². The van der Waals surface area contributed by atoms with Crippen LogP contribution in [0, 0.1) is 11.3 Å². The molecule has 6 heteroatoms. The lowest BCUT2D eigenvalue weighted by atomic mass is 9.96. The molecule has 1 saturated carbocycles. The molecule has 1 fully saturated rings. The second-order valence-corrected chi connectivity index (χ2v) is 3.99. The number of nitrogens with zero attached hydrogens (tertiary/aromatic N) is 1. The lowest BCUT2D eigenvalue weighted by Crippen LogP contribution is -2.41. The van der Waals surface area contributed by atoms with Gasteiger partial charge in [0.15, 0.2) is 0 Å². The minimum Gasteiger partial charge on any atom is -0.365 e. The number of hydrogen-bond acceptors (Lipinski definition) is 3. The lowest BCUT2D eigenvalue weighted by Gasteiger charge is -2.22. The molecule has 1 aliphatic carbocycles. The maximum atomic E-state index is 11.4. The van der Waals surface area contributed by atoms with Gasteiger partial charge in [0.05, 0.1) is 0 Å². The van der Waals surface area contributed by atoms with E-state index in [-0.39, 0.29) is 11.6 Å². The Hall–Kier alpha value is -2.03. The van der Waals surface area contributed by atoms with Crippen molar-refractivity contribution in [2.24, 2.45) is 5.73 Å². The predicted molar refractivity (Wildman–Crippen MR) is 61.4 cm³/mol. The third-order valence-electron chi connectivity index (χ3n) is 2.67. The highest BCUT2D eigenvalue weighted by Gasteiger charge is 2.15. The summed E-state index contributed by atoms with van der Waals surface area (Å²) in [4.78, 5) is 22.1. The molecule has 1 rings (SSSR count). The molecule has 0 aromatic carbocycles. The van der Waals surface area contributed by atoms with Crippen LogP contribution >= 0.6 is 0 Å². The Balaban J connectivity index is 2.39. The lowest BCUT2D eigenvalue weighted by molar-refractivity contribution is -0.114. The summed E-state index contributed by atoms with van der Waals surface area (Å²) in [5.74, 6) is -0.856. The Morgan fingerprint density at radius 2 is 1.94 bits per heavy atom. The molecule has 1 aliphatic rings. The Morgan fingerprint density at radius 3 is 2.47 bits per heavy atom. The maximum absolute atomic E-state index is 11.4. The summed E-state index contributed by atoms with van der Waals surface area (Å²) in [5, 5.41) is 13.6. The third kappa shape index (κ3) is 4.55. The summed E-state index contributed by atoms with van der Waals surface area (Å²) in [5.41, 5.74) is 4.64. The molecule has 0 unspecified atom stereocenters. The van der Waals surface area contributed by atoms with Crippen LogP contribution in [-0.4, -0.2) is 18.0 Å². The molecule has 17 heavy (non-hydrogen) atoms. The Morgan fingerprint density at radius 1 is 1.29 bits per heavy atom. The molecule has 0 atom stereocenters. The fraction of sp³-hybridized carbons (Fsp3) is 0.545. The molecule has 4 N–H and O–H groups in total. The molecule has 0 spiro atoms. The number of nitrogens with one attached hydrogen (secondary N) is 2. The van der Waals surface area contributed by atoms with Gasteiger partial charge in [0.25, 0.3) is 5.91 Å². The summed E-state index contributed by atoms with van der Waals surface area (Å²) in [7, 11) is 0. The average Bonchev–Trinajstić information content (AvgIpc) is 2.30. The molecule has 0 heterocycles. The van der Waals surface area contributed by atoms with Crippen LogP contribution in [0.25, 0.3) is 0 Å². The van der Waals surface area contributed by atoms with Crippen LogP contribution in [0.1, 0.15) is 32.1 Å². The van der Waals surface area contributed by atoms with Crippen LogP contribution in [0.5, 0.6) is 0 Å². The zero-order chi connectivity index (χ0) is 12.7. The Labute approximate surface area is 99.8 Å². The zero-order valence-corrected chi connectivity index (χ0v) is 9.53. The largest absolute Gasteiger partial charge is 0.365 e. The van der Waals surface area contributed by atoms with E-state index in [2.05, 4.69) is 10.6 Å². The van der Waals surface area contributed by atoms with Crippen molar-refractivity contribution in [3.63, 3.8) is 0 Å². The number of hydrogen-bond donors (Lipinski definition) is 3. The molecule has 0 aromatic rings. The van der Waals surface area contributed by atoms with E-state index in [9.17, 15) is 9.59 Å². The fourth-order valence-corrected chi connectivity index (χ4v) is 1.77. The second-order valence-electron chi connectivity index (χ2n) is 3.99. The van der Waals surface area contributed by atoms with Crippen molar-refractivity contribution in [1.29, 1.82) is 5.26 Å². The van der Waals surface area contributed by atoms with Crippen LogP contribution < -0.4 is 16.4 Å². The van der Waals surface area contributed by atoms with Gasteiger partial charge >= 0.3 is 6.03 Å². The third-order valence-corrected chi connectivity index (χ3v) is 2.67. The van der Waals surface area contributed by atoms with E-state index >= 15 is 0 Å². The van der Waals surface area contributed by atoms with E-state index in [0.29, 0.717) is 0 Å².